The van der Waals surface area contributed by atoms with Crippen molar-refractivity contribution in [1.82, 2.24) is 10.2 Å². The maximum Gasteiger partial charge on any atom is 0.326 e. The molecule has 0 aromatic heterocycles. The minimum Gasteiger partial charge on any atom is -0.468 e. The molecule has 0 bridgehead atoms. The topological polar surface area (TPSA) is 41.6 Å². The molecule has 0 aromatic rings. The summed E-state index contributed by atoms with van der Waals surface area (Å²) in [7, 11) is 1.55. The van der Waals surface area contributed by atoms with Gasteiger partial charge in [-0.2, -0.15) is 0 Å². The van der Waals surface area contributed by atoms with Gasteiger partial charge >= 0.3 is 5.97 Å². The average molecular weight is 280 g/mol. The summed E-state index contributed by atoms with van der Waals surface area (Å²) in [6.45, 7) is 3.93. The van der Waals surface area contributed by atoms with Gasteiger partial charge in [0, 0.05) is 26.2 Å². The van der Waals surface area contributed by atoms with Crippen LogP contribution in [0.3, 0.4) is 0 Å². The van der Waals surface area contributed by atoms with E-state index in [1.807, 2.05) is 0 Å². The molecule has 0 amide bonds. The highest BCUT2D eigenvalue weighted by molar-refractivity contribution is 5.81. The van der Waals surface area contributed by atoms with Gasteiger partial charge in [-0.3, -0.25) is 9.69 Å². The summed E-state index contributed by atoms with van der Waals surface area (Å²) in [4.78, 5) is 14.9. The van der Waals surface area contributed by atoms with Crippen LogP contribution < -0.4 is 5.32 Å². The Morgan fingerprint density at radius 3 is 2.15 bits per heavy atom. The quantitative estimate of drug-likeness (QED) is 0.785. The minimum absolute atomic E-state index is 0.00671. The number of carbonyl (C=O) groups is 1. The van der Waals surface area contributed by atoms with E-state index in [1.165, 1.54) is 38.5 Å². The summed E-state index contributed by atoms with van der Waals surface area (Å²) in [5.41, 5.74) is 0.232. The summed E-state index contributed by atoms with van der Waals surface area (Å²) in [6, 6.07) is 0. The van der Waals surface area contributed by atoms with Gasteiger partial charge in [0.25, 0.3) is 0 Å². The Kier molecular flexibility index (Phi) is 4.04. The summed E-state index contributed by atoms with van der Waals surface area (Å²) in [5.74, 6) is 0.00671. The lowest BCUT2D eigenvalue weighted by molar-refractivity contribution is -0.160. The first kappa shape index (κ1) is 14.3. The Balaban J connectivity index is 1.76. The summed E-state index contributed by atoms with van der Waals surface area (Å²) in [5, 5.41) is 3.38. The van der Waals surface area contributed by atoms with Crippen LogP contribution >= 0.6 is 0 Å². The number of ether oxygens (including phenoxy) is 1. The molecule has 0 radical (unpaired) electrons. The molecule has 20 heavy (non-hydrogen) atoms. The lowest BCUT2D eigenvalue weighted by Gasteiger charge is -2.50. The molecular formula is C16H28N2O2. The highest BCUT2D eigenvalue weighted by Crippen LogP contribution is 2.52. The van der Waals surface area contributed by atoms with Crippen molar-refractivity contribution in [2.45, 2.75) is 56.9 Å². The number of rotatable bonds is 2. The van der Waals surface area contributed by atoms with Crippen molar-refractivity contribution in [3.63, 3.8) is 0 Å². The maximum atomic E-state index is 12.5. The first-order valence-electron chi connectivity index (χ1n) is 8.25. The molecule has 114 valence electrons. The van der Waals surface area contributed by atoms with E-state index in [0.29, 0.717) is 5.41 Å². The number of nitrogens with one attached hydrogen (secondary N) is 1. The van der Waals surface area contributed by atoms with Crippen LogP contribution in [0.4, 0.5) is 0 Å². The van der Waals surface area contributed by atoms with Gasteiger partial charge in [0.05, 0.1) is 7.11 Å². The van der Waals surface area contributed by atoms with Crippen LogP contribution in [0, 0.1) is 5.41 Å². The van der Waals surface area contributed by atoms with E-state index in [4.69, 9.17) is 4.74 Å². The van der Waals surface area contributed by atoms with Crippen molar-refractivity contribution in [3.8, 4) is 0 Å². The Labute approximate surface area is 122 Å². The number of hydrogen-bond donors (Lipinski definition) is 1. The van der Waals surface area contributed by atoms with Crippen molar-refractivity contribution < 1.29 is 9.53 Å². The molecule has 0 aromatic carbocycles. The van der Waals surface area contributed by atoms with E-state index in [0.717, 1.165) is 39.0 Å². The van der Waals surface area contributed by atoms with Crippen LogP contribution in [0.1, 0.15) is 51.4 Å². The average Bonchev–Trinajstić information content (AvgIpc) is 2.97. The SMILES string of the molecule is COC(=O)C1(N2CCNCC2)CCC2(CCCC2)CC1. The molecule has 3 aliphatic rings. The predicted molar refractivity (Wildman–Crippen MR) is 78.6 cm³/mol. The molecular weight excluding hydrogens is 252 g/mol. The summed E-state index contributed by atoms with van der Waals surface area (Å²) >= 11 is 0. The molecule has 2 saturated carbocycles. The maximum absolute atomic E-state index is 12.5. The lowest BCUT2D eigenvalue weighted by Crippen LogP contribution is -2.62. The number of nitrogens with zero attached hydrogens (tertiary/aromatic N) is 1. The zero-order valence-corrected chi connectivity index (χ0v) is 12.7. The van der Waals surface area contributed by atoms with Gasteiger partial charge in [-0.25, -0.2) is 0 Å². The van der Waals surface area contributed by atoms with Crippen LogP contribution in [-0.4, -0.2) is 49.7 Å². The molecule has 2 aliphatic carbocycles. The van der Waals surface area contributed by atoms with Gasteiger partial charge < -0.3 is 10.1 Å². The van der Waals surface area contributed by atoms with Gasteiger partial charge in [-0.15, -0.1) is 0 Å². The van der Waals surface area contributed by atoms with Crippen LogP contribution in [0.2, 0.25) is 0 Å². The largest absolute Gasteiger partial charge is 0.468 e. The smallest absolute Gasteiger partial charge is 0.326 e. The molecule has 1 spiro atoms. The fourth-order valence-corrected chi connectivity index (χ4v) is 4.75. The van der Waals surface area contributed by atoms with Crippen molar-refractivity contribution in [2.24, 2.45) is 5.41 Å². The van der Waals surface area contributed by atoms with E-state index in [2.05, 4.69) is 10.2 Å². The van der Waals surface area contributed by atoms with Crippen LogP contribution in [0.5, 0.6) is 0 Å². The first-order valence-corrected chi connectivity index (χ1v) is 8.25. The Morgan fingerprint density at radius 1 is 1.00 bits per heavy atom. The Morgan fingerprint density at radius 2 is 1.60 bits per heavy atom. The molecule has 0 unspecified atom stereocenters. The monoisotopic (exact) mass is 280 g/mol. The zero-order valence-electron chi connectivity index (χ0n) is 12.7. The summed E-state index contributed by atoms with van der Waals surface area (Å²) < 4.78 is 5.20. The zero-order chi connectivity index (χ0) is 14.1. The summed E-state index contributed by atoms with van der Waals surface area (Å²) in [6.07, 6.45) is 9.97. The molecule has 1 N–H and O–H groups in total. The molecule has 4 heteroatoms. The second-order valence-corrected chi connectivity index (χ2v) is 6.97. The highest BCUT2D eigenvalue weighted by atomic mass is 16.5. The molecule has 1 aliphatic heterocycles. The van der Waals surface area contributed by atoms with Crippen molar-refractivity contribution in [1.29, 1.82) is 0 Å². The normalized spacial score (nSPS) is 29.4. The number of methoxy groups -OCH3 is 1. The van der Waals surface area contributed by atoms with Crippen molar-refractivity contribution in [3.05, 3.63) is 0 Å². The van der Waals surface area contributed by atoms with Gasteiger partial charge in [-0.05, 0) is 43.9 Å². The van der Waals surface area contributed by atoms with Gasteiger partial charge in [0.15, 0.2) is 0 Å². The van der Waals surface area contributed by atoms with E-state index in [-0.39, 0.29) is 11.5 Å². The molecule has 3 fully saturated rings. The third-order valence-electron chi connectivity index (χ3n) is 6.09. The lowest BCUT2D eigenvalue weighted by atomic mass is 9.65. The molecule has 0 atom stereocenters. The van der Waals surface area contributed by atoms with Crippen LogP contribution in [0.25, 0.3) is 0 Å². The van der Waals surface area contributed by atoms with Crippen molar-refractivity contribution >= 4 is 5.97 Å². The van der Waals surface area contributed by atoms with Crippen LogP contribution in [0.15, 0.2) is 0 Å². The van der Waals surface area contributed by atoms with E-state index >= 15 is 0 Å². The Bertz CT molecular complexity index is 347. The molecule has 4 nitrogen and oxygen atoms in total. The fourth-order valence-electron chi connectivity index (χ4n) is 4.75. The van der Waals surface area contributed by atoms with E-state index < -0.39 is 0 Å². The molecule has 1 saturated heterocycles. The number of hydrogen-bond acceptors (Lipinski definition) is 4. The van der Waals surface area contributed by atoms with Gasteiger partial charge in [0.2, 0.25) is 0 Å². The second-order valence-electron chi connectivity index (χ2n) is 6.97. The van der Waals surface area contributed by atoms with Crippen LogP contribution in [-0.2, 0) is 9.53 Å². The third kappa shape index (κ3) is 2.37. The second kappa shape index (κ2) is 5.64. The number of carbonyl (C=O) groups excluding carboxylic acids is 1. The number of piperazine rings is 1. The standard InChI is InChI=1S/C16H28N2O2/c1-20-14(19)16(18-12-10-17-11-13-18)8-6-15(7-9-16)4-2-3-5-15/h17H,2-13H2,1H3. The first-order chi connectivity index (χ1) is 9.71. The molecule has 1 heterocycles. The predicted octanol–water partition coefficient (Wildman–Crippen LogP) is 1.94. The van der Waals surface area contributed by atoms with Gasteiger partial charge in [-0.1, -0.05) is 12.8 Å². The van der Waals surface area contributed by atoms with Crippen molar-refractivity contribution in [2.75, 3.05) is 33.3 Å². The van der Waals surface area contributed by atoms with E-state index in [9.17, 15) is 4.79 Å². The Hall–Kier alpha value is -0.610. The third-order valence-corrected chi connectivity index (χ3v) is 6.09. The van der Waals surface area contributed by atoms with Gasteiger partial charge in [0.1, 0.15) is 5.54 Å². The van der Waals surface area contributed by atoms with E-state index in [1.54, 1.807) is 7.11 Å². The minimum atomic E-state index is -0.329. The molecule has 3 rings (SSSR count). The highest BCUT2D eigenvalue weighted by Gasteiger charge is 2.51. The fraction of sp³-hybridized carbons (Fsp3) is 0.938. The number of esters is 1.